The first-order chi connectivity index (χ1) is 21.8. The Hall–Kier alpha value is -3.77. The number of carbonyl (C=O) groups is 2. The molecule has 1 unspecified atom stereocenters. The molecule has 1 amide bonds. The number of fused-ring (bicyclic) bond motifs is 1. The number of piperidine rings is 1. The molecule has 2 atom stereocenters. The van der Waals surface area contributed by atoms with E-state index in [1.165, 1.54) is 17.4 Å². The fraction of sp³-hybridized carbons (Fsp3) is 0.412. The van der Waals surface area contributed by atoms with Crippen LogP contribution in [0.25, 0.3) is 20.8 Å². The van der Waals surface area contributed by atoms with Crippen LogP contribution in [0.5, 0.6) is 11.5 Å². The van der Waals surface area contributed by atoms with Crippen LogP contribution in [-0.4, -0.2) is 69.1 Å². The Kier molecular flexibility index (Phi) is 9.79. The molecule has 1 aliphatic carbocycles. The molecule has 1 aliphatic heterocycles. The van der Waals surface area contributed by atoms with Gasteiger partial charge in [-0.15, -0.1) is 11.3 Å². The molecule has 0 bridgehead atoms. The number of ether oxygens (including phenoxy) is 1. The summed E-state index contributed by atoms with van der Waals surface area (Å²) in [6, 6.07) is 12.4. The number of aliphatic hydroxyl groups is 2. The van der Waals surface area contributed by atoms with Gasteiger partial charge in [0.25, 0.3) is 0 Å². The van der Waals surface area contributed by atoms with Crippen molar-refractivity contribution in [1.82, 2.24) is 20.2 Å². The van der Waals surface area contributed by atoms with Crippen LogP contribution in [0, 0.1) is 17.7 Å². The molecule has 2 fully saturated rings. The number of carbonyl (C=O) groups excluding carboxylic acids is 2. The fourth-order valence-electron chi connectivity index (χ4n) is 5.68. The standard InChI is InChI=1S/C34H37FN4O5S/c35-27-14-22(13-25(41)12-21-3-4-21)6-8-30(27)44-31-9-10-36-29-15-32(45-33(29)31)28-7-5-23(16-37-28)18-39-11-1-2-24(19-39)34(43)38-17-26(42)20-40/h5-10,14-16,21,24,26,40,42H,1-4,11-13,17-20H2,(H,38,43)/t24?,26-/m1/s1. The van der Waals surface area contributed by atoms with E-state index in [2.05, 4.69) is 15.2 Å². The second-order valence-electron chi connectivity index (χ2n) is 12.1. The lowest BCUT2D eigenvalue weighted by Gasteiger charge is -2.32. The summed E-state index contributed by atoms with van der Waals surface area (Å²) in [5.41, 5.74) is 3.20. The van der Waals surface area contributed by atoms with Crippen LogP contribution in [-0.2, 0) is 22.6 Å². The number of thiophene rings is 1. The van der Waals surface area contributed by atoms with E-state index < -0.39 is 11.9 Å². The van der Waals surface area contributed by atoms with Gasteiger partial charge in [0, 0.05) is 50.9 Å². The number of Topliss-reactive ketones (excluding diaryl/α,β-unsaturated/α-hetero) is 1. The van der Waals surface area contributed by atoms with E-state index in [0.29, 0.717) is 36.7 Å². The molecule has 11 heteroatoms. The largest absolute Gasteiger partial charge is 0.453 e. The van der Waals surface area contributed by atoms with Gasteiger partial charge in [0.15, 0.2) is 11.6 Å². The molecular weight excluding hydrogens is 595 g/mol. The van der Waals surface area contributed by atoms with Crippen LogP contribution in [0.1, 0.15) is 43.2 Å². The zero-order valence-electron chi connectivity index (χ0n) is 25.0. The third-order valence-electron chi connectivity index (χ3n) is 8.29. The average Bonchev–Trinajstić information content (AvgIpc) is 3.74. The number of aliphatic hydroxyl groups excluding tert-OH is 2. The van der Waals surface area contributed by atoms with Gasteiger partial charge in [-0.3, -0.25) is 24.5 Å². The van der Waals surface area contributed by atoms with Crippen molar-refractivity contribution in [1.29, 1.82) is 0 Å². The minimum atomic E-state index is -0.950. The highest BCUT2D eigenvalue weighted by molar-refractivity contribution is 7.22. The first-order valence-corrected chi connectivity index (χ1v) is 16.3. The summed E-state index contributed by atoms with van der Waals surface area (Å²) in [6.45, 7) is 1.84. The maximum absolute atomic E-state index is 15.0. The molecular formula is C34H37FN4O5S. The minimum absolute atomic E-state index is 0.0472. The van der Waals surface area contributed by atoms with Gasteiger partial charge in [0.1, 0.15) is 11.5 Å². The van der Waals surface area contributed by atoms with Crippen LogP contribution < -0.4 is 10.1 Å². The van der Waals surface area contributed by atoms with E-state index in [-0.39, 0.29) is 42.9 Å². The summed E-state index contributed by atoms with van der Waals surface area (Å²) in [6.07, 6.45) is 7.26. The molecule has 45 heavy (non-hydrogen) atoms. The Morgan fingerprint density at radius 1 is 1.09 bits per heavy atom. The predicted molar refractivity (Wildman–Crippen MR) is 169 cm³/mol. The summed E-state index contributed by atoms with van der Waals surface area (Å²) in [5, 5.41) is 21.2. The third-order valence-corrected chi connectivity index (χ3v) is 9.45. The first-order valence-electron chi connectivity index (χ1n) is 15.5. The Morgan fingerprint density at radius 2 is 1.93 bits per heavy atom. The van der Waals surface area contributed by atoms with Crippen molar-refractivity contribution in [2.45, 2.75) is 51.2 Å². The quantitative estimate of drug-likeness (QED) is 0.191. The number of hydrogen-bond acceptors (Lipinski definition) is 9. The van der Waals surface area contributed by atoms with Crippen LogP contribution in [0.2, 0.25) is 0 Å². The Bertz CT molecular complexity index is 1660. The molecule has 0 spiro atoms. The van der Waals surface area contributed by atoms with E-state index in [1.807, 2.05) is 24.4 Å². The molecule has 236 valence electrons. The van der Waals surface area contributed by atoms with E-state index >= 15 is 0 Å². The van der Waals surface area contributed by atoms with Gasteiger partial charge in [-0.05, 0) is 73.5 Å². The number of ketones is 1. The summed E-state index contributed by atoms with van der Waals surface area (Å²) in [7, 11) is 0. The van der Waals surface area contributed by atoms with Crippen LogP contribution in [0.3, 0.4) is 0 Å². The van der Waals surface area contributed by atoms with Gasteiger partial charge in [-0.25, -0.2) is 4.39 Å². The average molecular weight is 633 g/mol. The number of amides is 1. The zero-order valence-corrected chi connectivity index (χ0v) is 25.8. The second-order valence-corrected chi connectivity index (χ2v) is 13.1. The molecule has 9 nitrogen and oxygen atoms in total. The Balaban J connectivity index is 1.09. The lowest BCUT2D eigenvalue weighted by Crippen LogP contribution is -2.44. The summed E-state index contributed by atoms with van der Waals surface area (Å²) in [4.78, 5) is 37.1. The van der Waals surface area contributed by atoms with Gasteiger partial charge in [-0.2, -0.15) is 0 Å². The zero-order chi connectivity index (χ0) is 31.3. The van der Waals surface area contributed by atoms with Crippen molar-refractivity contribution in [3.63, 3.8) is 0 Å². The van der Waals surface area contributed by atoms with Gasteiger partial charge < -0.3 is 20.3 Å². The third kappa shape index (κ3) is 8.09. The summed E-state index contributed by atoms with van der Waals surface area (Å²) < 4.78 is 21.8. The number of hydrogen-bond donors (Lipinski definition) is 3. The Labute approximate surface area is 265 Å². The van der Waals surface area contributed by atoms with Gasteiger partial charge in [0.2, 0.25) is 5.91 Å². The highest BCUT2D eigenvalue weighted by Gasteiger charge is 2.26. The number of rotatable bonds is 13. The number of benzene rings is 1. The molecule has 0 radical (unpaired) electrons. The number of halogens is 1. The molecule has 3 N–H and O–H groups in total. The summed E-state index contributed by atoms with van der Waals surface area (Å²) in [5.74, 6) is 0.485. The molecule has 3 aromatic heterocycles. The monoisotopic (exact) mass is 632 g/mol. The molecule has 6 rings (SSSR count). The van der Waals surface area contributed by atoms with Crippen molar-refractivity contribution < 1.29 is 28.9 Å². The fourth-order valence-corrected chi connectivity index (χ4v) is 6.73. The first kappa shape index (κ1) is 31.2. The predicted octanol–water partition coefficient (Wildman–Crippen LogP) is 4.88. The lowest BCUT2D eigenvalue weighted by molar-refractivity contribution is -0.127. The smallest absolute Gasteiger partial charge is 0.224 e. The summed E-state index contributed by atoms with van der Waals surface area (Å²) >= 11 is 1.47. The minimum Gasteiger partial charge on any atom is -0.453 e. The van der Waals surface area contributed by atoms with Gasteiger partial charge >= 0.3 is 0 Å². The van der Waals surface area contributed by atoms with Gasteiger partial charge in [0.05, 0.1) is 39.4 Å². The molecule has 1 saturated heterocycles. The van der Waals surface area contributed by atoms with Crippen LogP contribution in [0.4, 0.5) is 4.39 Å². The maximum Gasteiger partial charge on any atom is 0.224 e. The van der Waals surface area contributed by atoms with Crippen molar-refractivity contribution in [3.8, 4) is 22.1 Å². The van der Waals surface area contributed by atoms with E-state index in [1.54, 1.807) is 24.4 Å². The molecule has 1 aromatic carbocycles. The highest BCUT2D eigenvalue weighted by atomic mass is 32.1. The number of aromatic nitrogens is 2. The molecule has 1 saturated carbocycles. The maximum atomic E-state index is 15.0. The highest BCUT2D eigenvalue weighted by Crippen LogP contribution is 2.39. The van der Waals surface area contributed by atoms with E-state index in [4.69, 9.17) is 14.8 Å². The van der Waals surface area contributed by atoms with Gasteiger partial charge in [-0.1, -0.05) is 12.1 Å². The normalized spacial score (nSPS) is 17.7. The van der Waals surface area contributed by atoms with E-state index in [9.17, 15) is 19.1 Å². The van der Waals surface area contributed by atoms with Crippen molar-refractivity contribution in [3.05, 3.63) is 71.8 Å². The molecule has 4 aromatic rings. The number of pyridine rings is 2. The Morgan fingerprint density at radius 3 is 2.69 bits per heavy atom. The van der Waals surface area contributed by atoms with E-state index in [0.717, 1.165) is 58.6 Å². The topological polar surface area (TPSA) is 125 Å². The van der Waals surface area contributed by atoms with Crippen LogP contribution in [0.15, 0.2) is 54.9 Å². The second kappa shape index (κ2) is 14.1. The number of likely N-dealkylation sites (tertiary alicyclic amines) is 1. The van der Waals surface area contributed by atoms with Crippen molar-refractivity contribution in [2.24, 2.45) is 11.8 Å². The molecule has 4 heterocycles. The van der Waals surface area contributed by atoms with Crippen LogP contribution >= 0.6 is 11.3 Å². The van der Waals surface area contributed by atoms with Crippen molar-refractivity contribution in [2.75, 3.05) is 26.2 Å². The number of nitrogens with zero attached hydrogens (tertiary/aromatic N) is 3. The number of nitrogens with one attached hydrogen (secondary N) is 1. The van der Waals surface area contributed by atoms with Crippen molar-refractivity contribution >= 4 is 33.2 Å². The SMILES string of the molecule is O=C(Cc1ccc(Oc2ccnc3cc(-c4ccc(CN5CCCC(C(=O)NC[C@@H](O)CO)C5)cn4)sc23)c(F)c1)CC1CC1. The lowest BCUT2D eigenvalue weighted by atomic mass is 9.96. The molecule has 2 aliphatic rings.